The lowest BCUT2D eigenvalue weighted by molar-refractivity contribution is -0.142. The molecule has 19 heavy (non-hydrogen) atoms. The first-order valence-electron chi connectivity index (χ1n) is 6.45. The molecule has 0 aliphatic carbocycles. The average molecular weight is 257 g/mol. The van der Waals surface area contributed by atoms with Crippen molar-refractivity contribution < 1.29 is 9.53 Å². The van der Waals surface area contributed by atoms with E-state index in [4.69, 9.17) is 4.74 Å². The summed E-state index contributed by atoms with van der Waals surface area (Å²) in [4.78, 5) is 11.5. The fourth-order valence-corrected chi connectivity index (χ4v) is 2.34. The molecule has 3 nitrogen and oxygen atoms in total. The summed E-state index contributed by atoms with van der Waals surface area (Å²) >= 11 is 0. The Kier molecular flexibility index (Phi) is 4.17. The van der Waals surface area contributed by atoms with E-state index in [1.807, 2.05) is 25.1 Å². The number of nitrogens with one attached hydrogen (secondary N) is 1. The van der Waals surface area contributed by atoms with E-state index in [1.165, 1.54) is 23.4 Å². The van der Waals surface area contributed by atoms with Crippen molar-refractivity contribution in [3.63, 3.8) is 0 Å². The first kappa shape index (κ1) is 13.6. The third-order valence-corrected chi connectivity index (χ3v) is 3.34. The molecule has 3 heteroatoms. The zero-order chi connectivity index (χ0) is 13.8. The van der Waals surface area contributed by atoms with Crippen LogP contribution >= 0.6 is 0 Å². The topological polar surface area (TPSA) is 38.3 Å². The van der Waals surface area contributed by atoms with Crippen LogP contribution in [0.25, 0.3) is 10.8 Å². The molecule has 0 aliphatic heterocycles. The third-order valence-electron chi connectivity index (χ3n) is 3.34. The Morgan fingerprint density at radius 2 is 1.79 bits per heavy atom. The maximum absolute atomic E-state index is 11.5. The summed E-state index contributed by atoms with van der Waals surface area (Å²) in [6.45, 7) is 3.87. The molecule has 0 heterocycles. The minimum Gasteiger partial charge on any atom is -0.468 e. The highest BCUT2D eigenvalue weighted by Crippen LogP contribution is 2.24. The number of hydrogen-bond donors (Lipinski definition) is 1. The molecule has 0 unspecified atom stereocenters. The lowest BCUT2D eigenvalue weighted by Crippen LogP contribution is -2.36. The zero-order valence-electron chi connectivity index (χ0n) is 11.5. The van der Waals surface area contributed by atoms with E-state index in [0.29, 0.717) is 0 Å². The van der Waals surface area contributed by atoms with Crippen molar-refractivity contribution in [1.82, 2.24) is 5.32 Å². The van der Waals surface area contributed by atoms with E-state index >= 15 is 0 Å². The minimum absolute atomic E-state index is 0.0835. The van der Waals surface area contributed by atoms with E-state index in [2.05, 4.69) is 36.5 Å². The molecule has 0 radical (unpaired) electrons. The maximum Gasteiger partial charge on any atom is 0.322 e. The van der Waals surface area contributed by atoms with Crippen LogP contribution in [0.4, 0.5) is 0 Å². The third kappa shape index (κ3) is 2.93. The summed E-state index contributed by atoms with van der Waals surface area (Å²) in [6.07, 6.45) is 0. The van der Waals surface area contributed by atoms with E-state index < -0.39 is 0 Å². The summed E-state index contributed by atoms with van der Waals surface area (Å²) in [7, 11) is 1.41. The maximum atomic E-state index is 11.5. The summed E-state index contributed by atoms with van der Waals surface area (Å²) in [5.74, 6) is -0.243. The second-order valence-electron chi connectivity index (χ2n) is 4.70. The van der Waals surface area contributed by atoms with E-state index in [0.717, 1.165) is 0 Å². The number of esters is 1. The monoisotopic (exact) mass is 257 g/mol. The van der Waals surface area contributed by atoms with Crippen molar-refractivity contribution in [3.05, 3.63) is 48.0 Å². The number of hydrogen-bond acceptors (Lipinski definition) is 3. The van der Waals surface area contributed by atoms with Gasteiger partial charge >= 0.3 is 5.97 Å². The summed E-state index contributed by atoms with van der Waals surface area (Å²) < 4.78 is 4.73. The van der Waals surface area contributed by atoms with Gasteiger partial charge in [-0.15, -0.1) is 0 Å². The molecule has 0 aromatic heterocycles. The van der Waals surface area contributed by atoms with Crippen molar-refractivity contribution in [3.8, 4) is 0 Å². The van der Waals surface area contributed by atoms with Crippen molar-refractivity contribution in [2.45, 2.75) is 25.9 Å². The smallest absolute Gasteiger partial charge is 0.322 e. The van der Waals surface area contributed by atoms with Crippen molar-refractivity contribution in [2.75, 3.05) is 7.11 Å². The zero-order valence-corrected chi connectivity index (χ0v) is 11.5. The second-order valence-corrected chi connectivity index (χ2v) is 4.70. The Morgan fingerprint density at radius 3 is 2.53 bits per heavy atom. The largest absolute Gasteiger partial charge is 0.468 e. The van der Waals surface area contributed by atoms with Gasteiger partial charge < -0.3 is 4.74 Å². The van der Waals surface area contributed by atoms with Gasteiger partial charge in [0, 0.05) is 6.04 Å². The van der Waals surface area contributed by atoms with Crippen LogP contribution < -0.4 is 5.32 Å². The summed E-state index contributed by atoms with van der Waals surface area (Å²) in [5, 5.41) is 5.68. The van der Waals surface area contributed by atoms with Gasteiger partial charge in [-0.1, -0.05) is 42.5 Å². The van der Waals surface area contributed by atoms with Gasteiger partial charge in [0.1, 0.15) is 6.04 Å². The molecule has 0 bridgehead atoms. The second kappa shape index (κ2) is 5.85. The van der Waals surface area contributed by atoms with Crippen LogP contribution in [0.2, 0.25) is 0 Å². The highest BCUT2D eigenvalue weighted by Gasteiger charge is 2.17. The van der Waals surface area contributed by atoms with Crippen molar-refractivity contribution >= 4 is 16.7 Å². The molecule has 0 saturated heterocycles. The van der Waals surface area contributed by atoms with Gasteiger partial charge in [-0.25, -0.2) is 0 Å². The number of methoxy groups -OCH3 is 1. The fourth-order valence-electron chi connectivity index (χ4n) is 2.34. The number of benzene rings is 2. The van der Waals surface area contributed by atoms with Gasteiger partial charge in [-0.05, 0) is 30.2 Å². The number of carbonyl (C=O) groups is 1. The molecule has 0 saturated carbocycles. The molecule has 2 aromatic carbocycles. The summed E-state index contributed by atoms with van der Waals surface area (Å²) in [6, 6.07) is 14.2. The van der Waals surface area contributed by atoms with Gasteiger partial charge in [0.2, 0.25) is 0 Å². The normalized spacial score (nSPS) is 14.1. The minimum atomic E-state index is -0.320. The Labute approximate surface area is 113 Å². The summed E-state index contributed by atoms with van der Waals surface area (Å²) in [5.41, 5.74) is 1.19. The lowest BCUT2D eigenvalue weighted by atomic mass is 9.99. The molecule has 2 atom stereocenters. The van der Waals surface area contributed by atoms with Gasteiger partial charge in [0.15, 0.2) is 0 Å². The van der Waals surface area contributed by atoms with E-state index in [1.54, 1.807) is 0 Å². The lowest BCUT2D eigenvalue weighted by Gasteiger charge is -2.20. The van der Waals surface area contributed by atoms with E-state index in [-0.39, 0.29) is 18.1 Å². The molecular weight excluding hydrogens is 238 g/mol. The van der Waals surface area contributed by atoms with Gasteiger partial charge in [0.25, 0.3) is 0 Å². The number of ether oxygens (including phenoxy) is 1. The molecule has 100 valence electrons. The predicted molar refractivity (Wildman–Crippen MR) is 77.0 cm³/mol. The molecule has 2 aromatic rings. The Morgan fingerprint density at radius 1 is 1.11 bits per heavy atom. The molecule has 2 rings (SSSR count). The first-order valence-corrected chi connectivity index (χ1v) is 6.45. The number of carbonyl (C=O) groups excluding carboxylic acids is 1. The number of rotatable bonds is 4. The van der Waals surface area contributed by atoms with Crippen molar-refractivity contribution in [1.29, 1.82) is 0 Å². The van der Waals surface area contributed by atoms with Crippen LogP contribution in [0.1, 0.15) is 25.5 Å². The average Bonchev–Trinajstić information content (AvgIpc) is 2.45. The SMILES string of the molecule is COC(=O)[C@@H](C)N[C@H](C)c1cccc2ccccc12. The standard InChI is InChI=1S/C16H19NO2/c1-11(17-12(2)16(18)19-3)14-10-6-8-13-7-4-5-9-15(13)14/h4-12,17H,1-3H3/t11-,12-/m1/s1. The van der Waals surface area contributed by atoms with Crippen LogP contribution in [0.3, 0.4) is 0 Å². The molecule has 1 N–H and O–H groups in total. The molecule has 0 fully saturated rings. The van der Waals surface area contributed by atoms with Crippen LogP contribution in [-0.2, 0) is 9.53 Å². The van der Waals surface area contributed by atoms with Crippen LogP contribution in [-0.4, -0.2) is 19.1 Å². The van der Waals surface area contributed by atoms with Crippen LogP contribution in [0, 0.1) is 0 Å². The number of fused-ring (bicyclic) bond motifs is 1. The van der Waals surface area contributed by atoms with Crippen LogP contribution in [0.5, 0.6) is 0 Å². The first-order chi connectivity index (χ1) is 9.13. The van der Waals surface area contributed by atoms with Gasteiger partial charge in [0.05, 0.1) is 7.11 Å². The van der Waals surface area contributed by atoms with E-state index in [9.17, 15) is 4.79 Å². The molecular formula is C16H19NO2. The Balaban J connectivity index is 2.26. The Hall–Kier alpha value is -1.87. The highest BCUT2D eigenvalue weighted by molar-refractivity contribution is 5.86. The molecule has 0 amide bonds. The van der Waals surface area contributed by atoms with Gasteiger partial charge in [-0.2, -0.15) is 0 Å². The quantitative estimate of drug-likeness (QED) is 0.855. The van der Waals surface area contributed by atoms with Crippen molar-refractivity contribution in [2.24, 2.45) is 0 Å². The highest BCUT2D eigenvalue weighted by atomic mass is 16.5. The predicted octanol–water partition coefficient (Wildman–Crippen LogP) is 3.05. The van der Waals surface area contributed by atoms with Gasteiger partial charge in [-0.3, -0.25) is 10.1 Å². The fraction of sp³-hybridized carbons (Fsp3) is 0.312. The molecule has 0 aliphatic rings. The Bertz CT molecular complexity index is 574. The van der Waals surface area contributed by atoms with Crippen LogP contribution in [0.15, 0.2) is 42.5 Å². The molecule has 0 spiro atoms.